The highest BCUT2D eigenvalue weighted by atomic mass is 32.2. The van der Waals surface area contributed by atoms with E-state index in [1.807, 2.05) is 68.5 Å². The largest absolute Gasteiger partial charge is 0.437 e. The number of sulfonamides is 1. The molecule has 4 N–H and O–H groups in total. The third-order valence-corrected chi connectivity index (χ3v) is 8.83. The zero-order valence-electron chi connectivity index (χ0n) is 25.0. The Kier molecular flexibility index (Phi) is 9.72. The number of anilines is 2. The number of nitrogens with zero attached hydrogens (tertiary/aromatic N) is 3. The molecule has 1 aliphatic rings. The fraction of sp³-hybridized carbons (Fsp3) is 0.265. The molecule has 0 amide bonds. The van der Waals surface area contributed by atoms with Crippen molar-refractivity contribution in [1.82, 2.24) is 9.97 Å². The highest BCUT2D eigenvalue weighted by Crippen LogP contribution is 2.38. The number of ether oxygens (including phenoxy) is 1. The highest BCUT2D eigenvalue weighted by molar-refractivity contribution is 7.91. The van der Waals surface area contributed by atoms with Gasteiger partial charge in [-0.3, -0.25) is 4.72 Å². The summed E-state index contributed by atoms with van der Waals surface area (Å²) in [5.74, 6) is 1.20. The van der Waals surface area contributed by atoms with Crippen molar-refractivity contribution in [2.75, 3.05) is 10.0 Å². The summed E-state index contributed by atoms with van der Waals surface area (Å²) in [6.45, 7) is 7.57. The predicted octanol–water partition coefficient (Wildman–Crippen LogP) is 6.59. The fourth-order valence-corrected chi connectivity index (χ4v) is 6.64. The van der Waals surface area contributed by atoms with Gasteiger partial charge in [0, 0.05) is 29.1 Å². The van der Waals surface area contributed by atoms with Crippen LogP contribution in [0.4, 0.5) is 11.6 Å². The summed E-state index contributed by atoms with van der Waals surface area (Å²) < 4.78 is 35.5. The van der Waals surface area contributed by atoms with Gasteiger partial charge in [-0.1, -0.05) is 66.7 Å². The molecule has 5 rings (SSSR count). The van der Waals surface area contributed by atoms with Crippen LogP contribution in [0.5, 0.6) is 5.75 Å². The molecule has 1 aliphatic carbocycles. The summed E-state index contributed by atoms with van der Waals surface area (Å²) in [5.41, 5.74) is 9.24. The van der Waals surface area contributed by atoms with E-state index in [9.17, 15) is 8.42 Å². The molecule has 3 aromatic carbocycles. The molecular weight excluding hydrogens is 572 g/mol. The minimum Gasteiger partial charge on any atom is -0.437 e. The van der Waals surface area contributed by atoms with E-state index in [4.69, 9.17) is 15.5 Å². The maximum Gasteiger partial charge on any atom is 0.236 e. The molecule has 0 unspecified atom stereocenters. The number of allylic oxidation sites excluding steroid dienone is 3. The van der Waals surface area contributed by atoms with E-state index in [-0.39, 0.29) is 23.7 Å². The topological polar surface area (TPSA) is 132 Å². The summed E-state index contributed by atoms with van der Waals surface area (Å²) in [4.78, 5) is 13.5. The van der Waals surface area contributed by atoms with Crippen LogP contribution in [0, 0.1) is 6.92 Å². The van der Waals surface area contributed by atoms with Crippen LogP contribution in [0.15, 0.2) is 96.0 Å². The standard InChI is InChI=1S/C34H38N6O3S/c1-4-10-29(30-19-20-37-34(39-30)38-26-17-15-25(35)16-18-26)33(36-3)43-32-23(2)21-31(27-13-8-9-14-28(27)32)40-44(41,42)22-24-11-6-5-7-12-24/h4-14,19-21,25-26,40H,3,15-18,22,35H2,1-2H3,(H,37,38,39)/b10-4-,33-29-/t25-,26-. The number of hydrogen-bond acceptors (Lipinski definition) is 8. The van der Waals surface area contributed by atoms with Crippen LogP contribution >= 0.6 is 0 Å². The maximum atomic E-state index is 13.1. The zero-order valence-corrected chi connectivity index (χ0v) is 25.8. The number of benzene rings is 3. The Labute approximate surface area is 259 Å². The van der Waals surface area contributed by atoms with E-state index < -0.39 is 10.0 Å². The molecule has 0 atom stereocenters. The third kappa shape index (κ3) is 7.50. The van der Waals surface area contributed by atoms with E-state index in [0.717, 1.165) is 36.6 Å². The number of fused-ring (bicyclic) bond motifs is 1. The van der Waals surface area contributed by atoms with Gasteiger partial charge in [-0.25, -0.2) is 23.4 Å². The molecule has 228 valence electrons. The van der Waals surface area contributed by atoms with Gasteiger partial charge in [-0.2, -0.15) is 0 Å². The Morgan fingerprint density at radius 2 is 1.77 bits per heavy atom. The Morgan fingerprint density at radius 1 is 1.07 bits per heavy atom. The third-order valence-electron chi connectivity index (χ3n) is 7.59. The summed E-state index contributed by atoms with van der Waals surface area (Å²) in [6, 6.07) is 20.7. The van der Waals surface area contributed by atoms with Gasteiger partial charge in [0.25, 0.3) is 0 Å². The molecule has 1 heterocycles. The second-order valence-electron chi connectivity index (χ2n) is 11.0. The molecule has 0 spiro atoms. The second-order valence-corrected chi connectivity index (χ2v) is 12.7. The lowest BCUT2D eigenvalue weighted by Gasteiger charge is -2.26. The molecule has 1 saturated carbocycles. The quantitative estimate of drug-likeness (QED) is 0.0992. The molecule has 0 saturated heterocycles. The average Bonchev–Trinajstić information content (AvgIpc) is 3.01. The van der Waals surface area contributed by atoms with Crippen molar-refractivity contribution in [3.05, 3.63) is 108 Å². The first-order valence-corrected chi connectivity index (χ1v) is 16.4. The number of aromatic nitrogens is 2. The molecular formula is C34H38N6O3S. The van der Waals surface area contributed by atoms with Gasteiger partial charge in [0.05, 0.1) is 22.7 Å². The molecule has 1 aromatic heterocycles. The molecule has 0 bridgehead atoms. The van der Waals surface area contributed by atoms with Crippen molar-refractivity contribution in [2.24, 2.45) is 10.7 Å². The summed E-state index contributed by atoms with van der Waals surface area (Å²) in [6.07, 6.45) is 9.36. The molecule has 1 fully saturated rings. The van der Waals surface area contributed by atoms with Crippen LogP contribution in [0.3, 0.4) is 0 Å². The lowest BCUT2D eigenvalue weighted by atomic mass is 9.92. The minimum atomic E-state index is -3.68. The van der Waals surface area contributed by atoms with E-state index >= 15 is 0 Å². The van der Waals surface area contributed by atoms with Crippen molar-refractivity contribution in [3.8, 4) is 5.75 Å². The van der Waals surface area contributed by atoms with Crippen molar-refractivity contribution in [1.29, 1.82) is 0 Å². The van der Waals surface area contributed by atoms with Gasteiger partial charge in [0.2, 0.25) is 21.9 Å². The fourth-order valence-electron chi connectivity index (χ4n) is 5.43. The Bertz CT molecular complexity index is 1800. The first-order chi connectivity index (χ1) is 21.3. The number of hydrogen-bond donors (Lipinski definition) is 3. The Balaban J connectivity index is 1.48. The molecule has 0 aliphatic heterocycles. The first kappa shape index (κ1) is 30.9. The molecule has 10 heteroatoms. The van der Waals surface area contributed by atoms with Gasteiger partial charge < -0.3 is 15.8 Å². The minimum absolute atomic E-state index is 0.135. The van der Waals surface area contributed by atoms with Crippen LogP contribution < -0.4 is 20.5 Å². The predicted molar refractivity (Wildman–Crippen MR) is 179 cm³/mol. The molecule has 9 nitrogen and oxygen atoms in total. The molecule has 44 heavy (non-hydrogen) atoms. The van der Waals surface area contributed by atoms with Crippen molar-refractivity contribution in [2.45, 2.75) is 57.4 Å². The molecule has 0 radical (unpaired) electrons. The number of aliphatic imine (C=N–C) groups is 1. The average molecular weight is 611 g/mol. The van der Waals surface area contributed by atoms with Crippen LogP contribution in [-0.2, 0) is 15.8 Å². The van der Waals surface area contributed by atoms with Gasteiger partial charge in [-0.05, 0) is 69.5 Å². The van der Waals surface area contributed by atoms with Crippen LogP contribution in [0.2, 0.25) is 0 Å². The number of nitrogens with two attached hydrogens (primary N) is 1. The maximum absolute atomic E-state index is 13.1. The first-order valence-electron chi connectivity index (χ1n) is 14.7. The highest BCUT2D eigenvalue weighted by Gasteiger charge is 2.21. The van der Waals surface area contributed by atoms with Crippen LogP contribution in [0.25, 0.3) is 16.3 Å². The monoisotopic (exact) mass is 610 g/mol. The van der Waals surface area contributed by atoms with Crippen molar-refractivity contribution >= 4 is 44.7 Å². The summed E-state index contributed by atoms with van der Waals surface area (Å²) >= 11 is 0. The summed E-state index contributed by atoms with van der Waals surface area (Å²) in [7, 11) is -3.68. The van der Waals surface area contributed by atoms with Crippen LogP contribution in [-0.4, -0.2) is 37.2 Å². The van der Waals surface area contributed by atoms with Crippen LogP contribution in [0.1, 0.15) is 49.4 Å². The Morgan fingerprint density at radius 3 is 2.48 bits per heavy atom. The SMILES string of the molecule is C=N/C(Oc1c(C)cc(NS(=O)(=O)Cc2ccccc2)c2ccccc12)=C(\C=C/C)c1ccnc(N[C@H]2CC[C@H](N)CC2)n1. The smallest absolute Gasteiger partial charge is 0.236 e. The number of rotatable bonds is 11. The van der Waals surface area contributed by atoms with E-state index in [2.05, 4.69) is 26.7 Å². The second kappa shape index (κ2) is 13.8. The number of nitrogens with one attached hydrogen (secondary N) is 2. The normalized spacial score (nSPS) is 17.7. The van der Waals surface area contributed by atoms with E-state index in [1.165, 1.54) is 0 Å². The van der Waals surface area contributed by atoms with Crippen molar-refractivity contribution < 1.29 is 13.2 Å². The lowest BCUT2D eigenvalue weighted by molar-refractivity contribution is 0.410. The van der Waals surface area contributed by atoms with Gasteiger partial charge >= 0.3 is 0 Å². The van der Waals surface area contributed by atoms with E-state index in [1.54, 1.807) is 30.5 Å². The molecule has 4 aromatic rings. The van der Waals surface area contributed by atoms with E-state index in [0.29, 0.717) is 39.6 Å². The zero-order chi connectivity index (χ0) is 31.1. The lowest BCUT2D eigenvalue weighted by Crippen LogP contribution is -2.33. The van der Waals surface area contributed by atoms with Gasteiger partial charge in [-0.15, -0.1) is 0 Å². The van der Waals surface area contributed by atoms with Crippen molar-refractivity contribution in [3.63, 3.8) is 0 Å². The van der Waals surface area contributed by atoms with Gasteiger partial charge in [0.1, 0.15) is 5.75 Å². The summed E-state index contributed by atoms with van der Waals surface area (Å²) in [5, 5.41) is 4.88. The number of aryl methyl sites for hydroxylation is 1. The Hall–Kier alpha value is -4.54. The van der Waals surface area contributed by atoms with Gasteiger partial charge in [0.15, 0.2) is 0 Å².